The lowest BCUT2D eigenvalue weighted by Gasteiger charge is -2.37. The number of hydrogen-bond donors (Lipinski definition) is 1. The van der Waals surface area contributed by atoms with E-state index in [0.29, 0.717) is 13.2 Å². The van der Waals surface area contributed by atoms with Gasteiger partial charge in [-0.25, -0.2) is 0 Å². The first-order valence-corrected chi connectivity index (χ1v) is 6.57. The SMILES string of the molecule is CC(C(=O)N1CCCC1)N1CCOC(CN)C1. The van der Waals surface area contributed by atoms with Crippen LogP contribution in [0, 0.1) is 0 Å². The number of nitrogens with two attached hydrogens (primary N) is 1. The molecule has 98 valence electrons. The molecular formula is C12H23N3O2. The number of carbonyl (C=O) groups excluding carboxylic acids is 1. The van der Waals surface area contributed by atoms with Crippen molar-refractivity contribution in [1.29, 1.82) is 0 Å². The van der Waals surface area contributed by atoms with Crippen LogP contribution < -0.4 is 5.73 Å². The van der Waals surface area contributed by atoms with Crippen molar-refractivity contribution < 1.29 is 9.53 Å². The molecule has 5 heteroatoms. The molecule has 0 saturated carbocycles. The van der Waals surface area contributed by atoms with E-state index in [1.54, 1.807) is 0 Å². The molecule has 0 radical (unpaired) electrons. The van der Waals surface area contributed by atoms with Crippen molar-refractivity contribution in [3.05, 3.63) is 0 Å². The summed E-state index contributed by atoms with van der Waals surface area (Å²) in [7, 11) is 0. The van der Waals surface area contributed by atoms with Gasteiger partial charge in [0.1, 0.15) is 0 Å². The van der Waals surface area contributed by atoms with Crippen molar-refractivity contribution in [3.63, 3.8) is 0 Å². The van der Waals surface area contributed by atoms with Crippen LogP contribution in [-0.2, 0) is 9.53 Å². The van der Waals surface area contributed by atoms with Gasteiger partial charge in [0.25, 0.3) is 0 Å². The Morgan fingerprint density at radius 3 is 2.76 bits per heavy atom. The van der Waals surface area contributed by atoms with Crippen LogP contribution in [0.25, 0.3) is 0 Å². The molecule has 2 rings (SSSR count). The van der Waals surface area contributed by atoms with E-state index >= 15 is 0 Å². The van der Waals surface area contributed by atoms with Gasteiger partial charge in [-0.3, -0.25) is 9.69 Å². The van der Waals surface area contributed by atoms with Crippen LogP contribution in [0.15, 0.2) is 0 Å². The van der Waals surface area contributed by atoms with Gasteiger partial charge in [-0.2, -0.15) is 0 Å². The van der Waals surface area contributed by atoms with Crippen LogP contribution in [0.2, 0.25) is 0 Å². The highest BCUT2D eigenvalue weighted by atomic mass is 16.5. The topological polar surface area (TPSA) is 58.8 Å². The van der Waals surface area contributed by atoms with Gasteiger partial charge in [0.2, 0.25) is 5.91 Å². The molecular weight excluding hydrogens is 218 g/mol. The molecule has 0 aromatic carbocycles. The van der Waals surface area contributed by atoms with Crippen LogP contribution in [0.4, 0.5) is 0 Å². The molecule has 2 atom stereocenters. The second-order valence-corrected chi connectivity index (χ2v) is 4.93. The maximum absolute atomic E-state index is 12.3. The Hall–Kier alpha value is -0.650. The minimum absolute atomic E-state index is 0.0361. The molecule has 1 amide bonds. The zero-order valence-corrected chi connectivity index (χ0v) is 10.6. The van der Waals surface area contributed by atoms with E-state index in [-0.39, 0.29) is 18.1 Å². The van der Waals surface area contributed by atoms with Crippen molar-refractivity contribution in [2.24, 2.45) is 5.73 Å². The maximum Gasteiger partial charge on any atom is 0.239 e. The molecule has 2 saturated heterocycles. The Kier molecular flexibility index (Phi) is 4.36. The number of carbonyl (C=O) groups is 1. The molecule has 2 aliphatic rings. The van der Waals surface area contributed by atoms with Crippen molar-refractivity contribution in [3.8, 4) is 0 Å². The minimum atomic E-state index is -0.0361. The fourth-order valence-electron chi connectivity index (χ4n) is 2.59. The molecule has 0 aliphatic carbocycles. The molecule has 2 N–H and O–H groups in total. The highest BCUT2D eigenvalue weighted by Gasteiger charge is 2.30. The Morgan fingerprint density at radius 1 is 1.41 bits per heavy atom. The highest BCUT2D eigenvalue weighted by Crippen LogP contribution is 2.14. The molecule has 0 aromatic heterocycles. The number of ether oxygens (including phenoxy) is 1. The van der Waals surface area contributed by atoms with Crippen LogP contribution in [0.5, 0.6) is 0 Å². The number of amides is 1. The number of hydrogen-bond acceptors (Lipinski definition) is 4. The van der Waals surface area contributed by atoms with E-state index in [1.165, 1.54) is 0 Å². The first-order chi connectivity index (χ1) is 8.22. The molecule has 2 unspecified atom stereocenters. The molecule has 0 spiro atoms. The van der Waals surface area contributed by atoms with Gasteiger partial charge in [0, 0.05) is 32.7 Å². The summed E-state index contributed by atoms with van der Waals surface area (Å²) in [5.74, 6) is 0.264. The smallest absolute Gasteiger partial charge is 0.239 e. The van der Waals surface area contributed by atoms with Gasteiger partial charge in [0.05, 0.1) is 18.8 Å². The normalized spacial score (nSPS) is 28.4. The third kappa shape index (κ3) is 2.97. The maximum atomic E-state index is 12.3. The monoisotopic (exact) mass is 241 g/mol. The summed E-state index contributed by atoms with van der Waals surface area (Å²) in [6.07, 6.45) is 2.37. The summed E-state index contributed by atoms with van der Waals surface area (Å²) >= 11 is 0. The van der Waals surface area contributed by atoms with Crippen LogP contribution >= 0.6 is 0 Å². The third-order valence-electron chi connectivity index (χ3n) is 3.76. The lowest BCUT2D eigenvalue weighted by molar-refractivity contribution is -0.138. The predicted octanol–water partition coefficient (Wildman–Crippen LogP) is -0.343. The molecule has 0 bridgehead atoms. The van der Waals surface area contributed by atoms with E-state index in [1.807, 2.05) is 11.8 Å². The Labute approximate surface area is 103 Å². The first kappa shape index (κ1) is 12.8. The molecule has 2 heterocycles. The fourth-order valence-corrected chi connectivity index (χ4v) is 2.59. The quantitative estimate of drug-likeness (QED) is 0.734. The number of rotatable bonds is 3. The molecule has 5 nitrogen and oxygen atoms in total. The van der Waals surface area contributed by atoms with Crippen molar-refractivity contribution >= 4 is 5.91 Å². The van der Waals surface area contributed by atoms with Gasteiger partial charge in [-0.15, -0.1) is 0 Å². The zero-order chi connectivity index (χ0) is 12.3. The van der Waals surface area contributed by atoms with Crippen LogP contribution in [-0.4, -0.2) is 67.2 Å². The lowest BCUT2D eigenvalue weighted by atomic mass is 10.2. The standard InChI is InChI=1S/C12H23N3O2/c1-10(12(16)14-4-2-3-5-14)15-6-7-17-11(8-13)9-15/h10-11H,2-9,13H2,1H3. The fraction of sp³-hybridized carbons (Fsp3) is 0.917. The Balaban J connectivity index is 1.89. The lowest BCUT2D eigenvalue weighted by Crippen LogP contribution is -2.54. The summed E-state index contributed by atoms with van der Waals surface area (Å²) in [4.78, 5) is 16.4. The van der Waals surface area contributed by atoms with Crippen molar-refractivity contribution in [2.45, 2.75) is 31.9 Å². The number of nitrogens with zero attached hydrogens (tertiary/aromatic N) is 2. The zero-order valence-electron chi connectivity index (χ0n) is 10.6. The van der Waals surface area contributed by atoms with E-state index in [4.69, 9.17) is 10.5 Å². The Bertz CT molecular complexity index is 266. The Morgan fingerprint density at radius 2 is 2.12 bits per heavy atom. The van der Waals surface area contributed by atoms with Crippen LogP contribution in [0.1, 0.15) is 19.8 Å². The first-order valence-electron chi connectivity index (χ1n) is 6.57. The molecule has 2 aliphatic heterocycles. The van der Waals surface area contributed by atoms with Gasteiger partial charge in [0.15, 0.2) is 0 Å². The number of likely N-dealkylation sites (tertiary alicyclic amines) is 1. The van der Waals surface area contributed by atoms with E-state index in [9.17, 15) is 4.79 Å². The molecule has 0 aromatic rings. The largest absolute Gasteiger partial charge is 0.374 e. The summed E-state index contributed by atoms with van der Waals surface area (Å²) in [6.45, 7) is 6.66. The average molecular weight is 241 g/mol. The van der Waals surface area contributed by atoms with E-state index < -0.39 is 0 Å². The molecule has 17 heavy (non-hydrogen) atoms. The van der Waals surface area contributed by atoms with E-state index in [0.717, 1.165) is 39.0 Å². The third-order valence-corrected chi connectivity index (χ3v) is 3.76. The average Bonchev–Trinajstić information content (AvgIpc) is 2.91. The summed E-state index contributed by atoms with van der Waals surface area (Å²) in [5.41, 5.74) is 5.62. The van der Waals surface area contributed by atoms with Crippen LogP contribution in [0.3, 0.4) is 0 Å². The van der Waals surface area contributed by atoms with Crippen molar-refractivity contribution in [2.75, 3.05) is 39.3 Å². The van der Waals surface area contributed by atoms with E-state index in [2.05, 4.69) is 4.90 Å². The van der Waals surface area contributed by atoms with Gasteiger partial charge in [-0.05, 0) is 19.8 Å². The predicted molar refractivity (Wildman–Crippen MR) is 65.6 cm³/mol. The molecule has 2 fully saturated rings. The van der Waals surface area contributed by atoms with Gasteiger partial charge < -0.3 is 15.4 Å². The summed E-state index contributed by atoms with van der Waals surface area (Å²) in [6, 6.07) is -0.0361. The summed E-state index contributed by atoms with van der Waals surface area (Å²) in [5, 5.41) is 0. The van der Waals surface area contributed by atoms with Gasteiger partial charge >= 0.3 is 0 Å². The van der Waals surface area contributed by atoms with Gasteiger partial charge in [-0.1, -0.05) is 0 Å². The second kappa shape index (κ2) is 5.80. The summed E-state index contributed by atoms with van der Waals surface area (Å²) < 4.78 is 5.52. The number of morpholine rings is 1. The second-order valence-electron chi connectivity index (χ2n) is 4.93. The highest BCUT2D eigenvalue weighted by molar-refractivity contribution is 5.81. The van der Waals surface area contributed by atoms with Crippen molar-refractivity contribution in [1.82, 2.24) is 9.80 Å². The minimum Gasteiger partial charge on any atom is -0.374 e.